The van der Waals surface area contributed by atoms with Crippen LogP contribution in [-0.2, 0) is 4.84 Å². The third-order valence-corrected chi connectivity index (χ3v) is 3.82. The molecule has 1 heterocycles. The number of pyridine rings is 1. The molecule has 5 nitrogen and oxygen atoms in total. The highest BCUT2D eigenvalue weighted by Crippen LogP contribution is 2.29. The molecule has 0 saturated heterocycles. The van der Waals surface area contributed by atoms with Crippen LogP contribution in [0.4, 0.5) is 20.3 Å². The third-order valence-electron chi connectivity index (χ3n) is 3.82. The van der Waals surface area contributed by atoms with Gasteiger partial charge in [0.05, 0.1) is 17.9 Å². The lowest BCUT2D eigenvalue weighted by Gasteiger charge is -2.15. The molecular formula is C17H16BF2N3O2. The molecule has 8 heteroatoms. The van der Waals surface area contributed by atoms with Crippen molar-refractivity contribution >= 4 is 30.7 Å². The SMILES string of the molecule is [B]c1cc(C)cnc1Nc1c(C(=O)NOCC2CC2)ccc(F)c1F. The number of aryl methyl sites for hydroxylation is 1. The minimum absolute atomic E-state index is 0.114. The minimum Gasteiger partial charge on any atom is -0.338 e. The van der Waals surface area contributed by atoms with Crippen LogP contribution < -0.4 is 16.3 Å². The first-order valence-corrected chi connectivity index (χ1v) is 7.85. The molecule has 2 N–H and O–H groups in total. The van der Waals surface area contributed by atoms with E-state index >= 15 is 0 Å². The zero-order chi connectivity index (χ0) is 18.0. The predicted octanol–water partition coefficient (Wildman–Crippen LogP) is 2.28. The number of halogens is 2. The monoisotopic (exact) mass is 343 g/mol. The van der Waals surface area contributed by atoms with Gasteiger partial charge in [0.1, 0.15) is 13.7 Å². The van der Waals surface area contributed by atoms with Crippen molar-refractivity contribution in [3.8, 4) is 0 Å². The van der Waals surface area contributed by atoms with Gasteiger partial charge < -0.3 is 5.32 Å². The third kappa shape index (κ3) is 4.14. The second-order valence-corrected chi connectivity index (χ2v) is 6.04. The molecule has 1 aromatic heterocycles. The molecule has 0 aliphatic heterocycles. The highest BCUT2D eigenvalue weighted by molar-refractivity contribution is 6.35. The lowest BCUT2D eigenvalue weighted by atomic mass is 9.95. The topological polar surface area (TPSA) is 63.2 Å². The van der Waals surface area contributed by atoms with Crippen molar-refractivity contribution in [3.05, 3.63) is 47.2 Å². The van der Waals surface area contributed by atoms with Gasteiger partial charge in [-0.3, -0.25) is 9.63 Å². The summed E-state index contributed by atoms with van der Waals surface area (Å²) < 4.78 is 27.9. The van der Waals surface area contributed by atoms with Crippen molar-refractivity contribution in [2.45, 2.75) is 19.8 Å². The number of benzene rings is 1. The maximum Gasteiger partial charge on any atom is 0.277 e. The van der Waals surface area contributed by atoms with Crippen LogP contribution in [0, 0.1) is 24.5 Å². The average Bonchev–Trinajstić information content (AvgIpc) is 3.38. The number of nitrogens with zero attached hydrogens (tertiary/aromatic N) is 1. The Bertz CT molecular complexity index is 813. The first-order valence-electron chi connectivity index (χ1n) is 7.85. The summed E-state index contributed by atoms with van der Waals surface area (Å²) in [5.41, 5.74) is 2.85. The Morgan fingerprint density at radius 2 is 2.16 bits per heavy atom. The summed E-state index contributed by atoms with van der Waals surface area (Å²) in [4.78, 5) is 21.4. The van der Waals surface area contributed by atoms with E-state index in [1.165, 1.54) is 12.3 Å². The van der Waals surface area contributed by atoms with Crippen molar-refractivity contribution in [1.29, 1.82) is 0 Å². The zero-order valence-corrected chi connectivity index (χ0v) is 13.6. The van der Waals surface area contributed by atoms with E-state index in [9.17, 15) is 13.6 Å². The fraction of sp³-hybridized carbons (Fsp3) is 0.294. The van der Waals surface area contributed by atoms with Crippen LogP contribution in [0.5, 0.6) is 0 Å². The highest BCUT2D eigenvalue weighted by Gasteiger charge is 2.23. The van der Waals surface area contributed by atoms with Gasteiger partial charge in [-0.2, -0.15) is 0 Å². The second kappa shape index (κ2) is 7.19. The van der Waals surface area contributed by atoms with E-state index in [-0.39, 0.29) is 22.5 Å². The molecule has 3 rings (SSSR count). The standard InChI is InChI=1S/C17H16BF2N3O2/c1-9-6-12(18)16(21-7-9)22-15-11(4-5-13(19)14(15)20)17(24)23-25-8-10-2-3-10/h4-7,10H,2-3,8H2,1H3,(H,21,22)(H,23,24). The normalized spacial score (nSPS) is 13.6. The Kier molecular flexibility index (Phi) is 4.99. The number of rotatable bonds is 6. The summed E-state index contributed by atoms with van der Waals surface area (Å²) in [6, 6.07) is 3.67. The Labute approximate surface area is 145 Å². The lowest BCUT2D eigenvalue weighted by Crippen LogP contribution is -2.26. The van der Waals surface area contributed by atoms with Gasteiger partial charge in [-0.05, 0) is 43.4 Å². The number of hydrogen-bond donors (Lipinski definition) is 2. The smallest absolute Gasteiger partial charge is 0.277 e. The predicted molar refractivity (Wildman–Crippen MR) is 90.1 cm³/mol. The van der Waals surface area contributed by atoms with Crippen LogP contribution in [0.2, 0.25) is 0 Å². The Hall–Kier alpha value is -2.48. The molecule has 1 amide bonds. The summed E-state index contributed by atoms with van der Waals surface area (Å²) >= 11 is 0. The number of carbonyl (C=O) groups is 1. The molecule has 2 aromatic rings. The second-order valence-electron chi connectivity index (χ2n) is 6.04. The van der Waals surface area contributed by atoms with Gasteiger partial charge in [0, 0.05) is 6.20 Å². The summed E-state index contributed by atoms with van der Waals surface area (Å²) in [6.45, 7) is 2.19. The Morgan fingerprint density at radius 1 is 1.40 bits per heavy atom. The number of hydrogen-bond acceptors (Lipinski definition) is 4. The van der Waals surface area contributed by atoms with Gasteiger partial charge in [0.15, 0.2) is 11.6 Å². The molecule has 128 valence electrons. The van der Waals surface area contributed by atoms with E-state index in [0.29, 0.717) is 12.5 Å². The zero-order valence-electron chi connectivity index (χ0n) is 13.6. The van der Waals surface area contributed by atoms with Crippen LogP contribution >= 0.6 is 0 Å². The lowest BCUT2D eigenvalue weighted by molar-refractivity contribution is 0.0270. The van der Waals surface area contributed by atoms with E-state index in [1.807, 2.05) is 0 Å². The van der Waals surface area contributed by atoms with Crippen molar-refractivity contribution in [1.82, 2.24) is 10.5 Å². The average molecular weight is 343 g/mol. The molecular weight excluding hydrogens is 327 g/mol. The number of hydroxylamine groups is 1. The first-order chi connectivity index (χ1) is 12.0. The fourth-order valence-corrected chi connectivity index (χ4v) is 2.24. The molecule has 2 radical (unpaired) electrons. The van der Waals surface area contributed by atoms with Gasteiger partial charge in [0.25, 0.3) is 5.91 Å². The van der Waals surface area contributed by atoms with Crippen LogP contribution in [0.25, 0.3) is 0 Å². The molecule has 1 aliphatic rings. The van der Waals surface area contributed by atoms with E-state index in [1.54, 1.807) is 13.0 Å². The summed E-state index contributed by atoms with van der Waals surface area (Å²) in [7, 11) is 5.84. The number of nitrogens with one attached hydrogen (secondary N) is 2. The number of amides is 1. The molecule has 1 saturated carbocycles. The van der Waals surface area contributed by atoms with Crippen LogP contribution in [0.1, 0.15) is 28.8 Å². The van der Waals surface area contributed by atoms with Gasteiger partial charge in [-0.25, -0.2) is 19.2 Å². The van der Waals surface area contributed by atoms with E-state index in [4.69, 9.17) is 12.7 Å². The number of carbonyl (C=O) groups excluding carboxylic acids is 1. The van der Waals surface area contributed by atoms with Gasteiger partial charge in [-0.1, -0.05) is 11.5 Å². The van der Waals surface area contributed by atoms with E-state index in [2.05, 4.69) is 15.8 Å². The highest BCUT2D eigenvalue weighted by atomic mass is 19.2. The first kappa shape index (κ1) is 17.4. The van der Waals surface area contributed by atoms with Crippen molar-refractivity contribution < 1.29 is 18.4 Å². The van der Waals surface area contributed by atoms with E-state index in [0.717, 1.165) is 24.5 Å². The molecule has 25 heavy (non-hydrogen) atoms. The molecule has 0 spiro atoms. The molecule has 0 bridgehead atoms. The molecule has 0 atom stereocenters. The number of anilines is 2. The van der Waals surface area contributed by atoms with Gasteiger partial charge >= 0.3 is 0 Å². The van der Waals surface area contributed by atoms with Crippen LogP contribution in [0.15, 0.2) is 24.4 Å². The largest absolute Gasteiger partial charge is 0.338 e. The fourth-order valence-electron chi connectivity index (χ4n) is 2.24. The summed E-state index contributed by atoms with van der Waals surface area (Å²) in [5.74, 6) is -2.41. The number of aromatic nitrogens is 1. The summed E-state index contributed by atoms with van der Waals surface area (Å²) in [6.07, 6.45) is 3.65. The minimum atomic E-state index is -1.20. The quantitative estimate of drug-likeness (QED) is 0.624. The Morgan fingerprint density at radius 3 is 2.84 bits per heavy atom. The van der Waals surface area contributed by atoms with Gasteiger partial charge in [-0.15, -0.1) is 0 Å². The molecule has 1 aliphatic carbocycles. The maximum absolute atomic E-state index is 14.3. The van der Waals surface area contributed by atoms with Gasteiger partial charge in [0.2, 0.25) is 0 Å². The molecule has 1 fully saturated rings. The molecule has 0 unspecified atom stereocenters. The van der Waals surface area contributed by atoms with Crippen molar-refractivity contribution in [2.75, 3.05) is 11.9 Å². The molecule has 1 aromatic carbocycles. The van der Waals surface area contributed by atoms with Crippen molar-refractivity contribution in [2.24, 2.45) is 5.92 Å². The van der Waals surface area contributed by atoms with Crippen LogP contribution in [-0.4, -0.2) is 25.3 Å². The summed E-state index contributed by atoms with van der Waals surface area (Å²) in [5, 5.41) is 2.60. The van der Waals surface area contributed by atoms with Crippen LogP contribution in [0.3, 0.4) is 0 Å². The maximum atomic E-state index is 14.3. The van der Waals surface area contributed by atoms with E-state index < -0.39 is 17.5 Å². The van der Waals surface area contributed by atoms with Crippen molar-refractivity contribution in [3.63, 3.8) is 0 Å². The Balaban J connectivity index is 1.85.